The number of nitrogens with zero attached hydrogens (tertiary/aromatic N) is 3. The molecule has 0 atom stereocenters. The fourth-order valence-corrected chi connectivity index (χ4v) is 4.83. The van der Waals surface area contributed by atoms with Gasteiger partial charge in [-0.2, -0.15) is 0 Å². The summed E-state index contributed by atoms with van der Waals surface area (Å²) in [6.45, 7) is 2.67. The Morgan fingerprint density at radius 2 is 1.76 bits per heavy atom. The number of amides is 1. The summed E-state index contributed by atoms with van der Waals surface area (Å²) in [4.78, 5) is 23.8. The molecule has 2 aliphatic heterocycles. The fourth-order valence-electron chi connectivity index (χ4n) is 3.79. The summed E-state index contributed by atoms with van der Waals surface area (Å²) < 4.78 is 10.7. The minimum absolute atomic E-state index is 0.125. The SMILES string of the molecule is O=C(NCc1ccc2c(c1)OCO2)c1ccc(CSc2nc(Cl)cc(N3CCCC3)n2)cc1. The smallest absolute Gasteiger partial charge is 0.251 e. The molecule has 33 heavy (non-hydrogen) atoms. The monoisotopic (exact) mass is 482 g/mol. The number of anilines is 1. The highest BCUT2D eigenvalue weighted by atomic mass is 35.5. The van der Waals surface area contributed by atoms with Crippen LogP contribution in [0, 0.1) is 0 Å². The van der Waals surface area contributed by atoms with Crippen LogP contribution in [0.3, 0.4) is 0 Å². The Bertz CT molecular complexity index is 1150. The third kappa shape index (κ3) is 5.34. The van der Waals surface area contributed by atoms with Crippen molar-refractivity contribution in [1.82, 2.24) is 15.3 Å². The van der Waals surface area contributed by atoms with Crippen molar-refractivity contribution in [3.63, 3.8) is 0 Å². The van der Waals surface area contributed by atoms with E-state index in [-0.39, 0.29) is 12.7 Å². The molecular formula is C24H23ClN4O3S. The van der Waals surface area contributed by atoms with Gasteiger partial charge in [0.15, 0.2) is 16.7 Å². The molecule has 5 rings (SSSR count). The molecule has 1 aromatic heterocycles. The first-order valence-corrected chi connectivity index (χ1v) is 12.2. The lowest BCUT2D eigenvalue weighted by atomic mass is 10.1. The molecule has 0 saturated carbocycles. The Morgan fingerprint density at radius 3 is 2.58 bits per heavy atom. The van der Waals surface area contributed by atoms with Crippen LogP contribution in [0.1, 0.15) is 34.3 Å². The van der Waals surface area contributed by atoms with Gasteiger partial charge < -0.3 is 19.7 Å². The maximum absolute atomic E-state index is 12.5. The zero-order chi connectivity index (χ0) is 22.6. The van der Waals surface area contributed by atoms with Crippen LogP contribution in [-0.4, -0.2) is 35.8 Å². The second-order valence-corrected chi connectivity index (χ2v) is 9.21. The van der Waals surface area contributed by atoms with Crippen molar-refractivity contribution in [1.29, 1.82) is 0 Å². The second kappa shape index (κ2) is 9.89. The van der Waals surface area contributed by atoms with E-state index in [0.29, 0.717) is 33.9 Å². The van der Waals surface area contributed by atoms with Crippen LogP contribution in [0.4, 0.5) is 5.82 Å². The number of thioether (sulfide) groups is 1. The third-order valence-corrected chi connectivity index (χ3v) is 6.68. The number of carbonyl (C=O) groups is 1. The largest absolute Gasteiger partial charge is 0.454 e. The molecule has 3 aromatic rings. The molecule has 3 heterocycles. The molecule has 0 unspecified atom stereocenters. The van der Waals surface area contributed by atoms with Crippen molar-refractivity contribution in [2.45, 2.75) is 30.3 Å². The van der Waals surface area contributed by atoms with Crippen LogP contribution < -0.4 is 19.7 Å². The summed E-state index contributed by atoms with van der Waals surface area (Å²) in [5, 5.41) is 4.07. The maximum atomic E-state index is 12.5. The molecule has 0 radical (unpaired) electrons. The van der Waals surface area contributed by atoms with Gasteiger partial charge in [-0.3, -0.25) is 4.79 Å². The number of aromatic nitrogens is 2. The molecular weight excluding hydrogens is 460 g/mol. The quantitative estimate of drug-likeness (QED) is 0.297. The molecule has 1 saturated heterocycles. The van der Waals surface area contributed by atoms with Gasteiger partial charge in [-0.05, 0) is 48.2 Å². The van der Waals surface area contributed by atoms with Gasteiger partial charge in [-0.1, -0.05) is 41.6 Å². The number of hydrogen-bond acceptors (Lipinski definition) is 7. The van der Waals surface area contributed by atoms with E-state index < -0.39 is 0 Å². The highest BCUT2D eigenvalue weighted by Gasteiger charge is 2.16. The number of carbonyl (C=O) groups excluding carboxylic acids is 1. The molecule has 0 aliphatic carbocycles. The average Bonchev–Trinajstić information content (AvgIpc) is 3.53. The van der Waals surface area contributed by atoms with E-state index in [1.54, 1.807) is 0 Å². The Morgan fingerprint density at radius 1 is 1.00 bits per heavy atom. The number of rotatable bonds is 7. The van der Waals surface area contributed by atoms with E-state index in [1.165, 1.54) is 24.6 Å². The number of benzene rings is 2. The number of fused-ring (bicyclic) bond motifs is 1. The van der Waals surface area contributed by atoms with Gasteiger partial charge in [0.1, 0.15) is 11.0 Å². The molecule has 170 valence electrons. The Hall–Kier alpha value is -2.97. The number of halogens is 1. The lowest BCUT2D eigenvalue weighted by Crippen LogP contribution is -2.22. The fraction of sp³-hybridized carbons (Fsp3) is 0.292. The van der Waals surface area contributed by atoms with Gasteiger partial charge in [0, 0.05) is 37.0 Å². The van der Waals surface area contributed by atoms with E-state index >= 15 is 0 Å². The zero-order valence-electron chi connectivity index (χ0n) is 17.9. The molecule has 1 N–H and O–H groups in total. The highest BCUT2D eigenvalue weighted by molar-refractivity contribution is 7.98. The van der Waals surface area contributed by atoms with Crippen molar-refractivity contribution >= 4 is 35.1 Å². The first-order valence-electron chi connectivity index (χ1n) is 10.8. The predicted molar refractivity (Wildman–Crippen MR) is 128 cm³/mol. The molecule has 2 aliphatic rings. The molecule has 7 nitrogen and oxygen atoms in total. The minimum atomic E-state index is -0.125. The Balaban J connectivity index is 1.15. The minimum Gasteiger partial charge on any atom is -0.454 e. The van der Waals surface area contributed by atoms with E-state index in [1.807, 2.05) is 48.5 Å². The average molecular weight is 483 g/mol. The molecule has 0 bridgehead atoms. The van der Waals surface area contributed by atoms with Crippen LogP contribution >= 0.6 is 23.4 Å². The molecule has 1 amide bonds. The van der Waals surface area contributed by atoms with Gasteiger partial charge in [0.2, 0.25) is 6.79 Å². The summed E-state index contributed by atoms with van der Waals surface area (Å²) in [5.74, 6) is 2.90. The first kappa shape index (κ1) is 21.9. The summed E-state index contributed by atoms with van der Waals surface area (Å²) in [7, 11) is 0. The summed E-state index contributed by atoms with van der Waals surface area (Å²) >= 11 is 7.75. The number of ether oxygens (including phenoxy) is 2. The van der Waals surface area contributed by atoms with Crippen LogP contribution in [-0.2, 0) is 12.3 Å². The molecule has 9 heteroatoms. The van der Waals surface area contributed by atoms with Crippen molar-refractivity contribution in [2.24, 2.45) is 0 Å². The lowest BCUT2D eigenvalue weighted by Gasteiger charge is -2.16. The lowest BCUT2D eigenvalue weighted by molar-refractivity contribution is 0.0951. The Kier molecular flexibility index (Phi) is 6.55. The van der Waals surface area contributed by atoms with Crippen molar-refractivity contribution < 1.29 is 14.3 Å². The van der Waals surface area contributed by atoms with Crippen molar-refractivity contribution in [3.8, 4) is 11.5 Å². The van der Waals surface area contributed by atoms with Gasteiger partial charge in [-0.15, -0.1) is 0 Å². The second-order valence-electron chi connectivity index (χ2n) is 7.88. The van der Waals surface area contributed by atoms with Gasteiger partial charge >= 0.3 is 0 Å². The van der Waals surface area contributed by atoms with Crippen molar-refractivity contribution in [3.05, 3.63) is 70.4 Å². The van der Waals surface area contributed by atoms with Gasteiger partial charge in [0.25, 0.3) is 5.91 Å². The van der Waals surface area contributed by atoms with E-state index in [4.69, 9.17) is 21.1 Å². The van der Waals surface area contributed by atoms with Crippen LogP contribution in [0.5, 0.6) is 11.5 Å². The standard InChI is InChI=1S/C24H23ClN4O3S/c25-21-12-22(29-9-1-2-10-29)28-24(27-21)33-14-16-3-6-18(7-4-16)23(30)26-13-17-5-8-19-20(11-17)32-15-31-19/h3-8,11-12H,1-2,9-10,13-15H2,(H,26,30). The van der Waals surface area contributed by atoms with Crippen LogP contribution in [0.15, 0.2) is 53.7 Å². The molecule has 1 fully saturated rings. The number of hydrogen-bond donors (Lipinski definition) is 1. The normalized spacial score (nSPS) is 14.5. The van der Waals surface area contributed by atoms with Gasteiger partial charge in [0.05, 0.1) is 0 Å². The van der Waals surface area contributed by atoms with Crippen molar-refractivity contribution in [2.75, 3.05) is 24.8 Å². The van der Waals surface area contributed by atoms with E-state index in [9.17, 15) is 4.79 Å². The third-order valence-electron chi connectivity index (χ3n) is 5.57. The summed E-state index contributed by atoms with van der Waals surface area (Å²) in [6, 6.07) is 15.1. The van der Waals surface area contributed by atoms with Crippen LogP contribution in [0.2, 0.25) is 5.15 Å². The van der Waals surface area contributed by atoms with Crippen LogP contribution in [0.25, 0.3) is 0 Å². The first-order chi connectivity index (χ1) is 16.1. The maximum Gasteiger partial charge on any atom is 0.251 e. The van der Waals surface area contributed by atoms with Gasteiger partial charge in [-0.25, -0.2) is 9.97 Å². The topological polar surface area (TPSA) is 76.6 Å². The van der Waals surface area contributed by atoms with E-state index in [0.717, 1.165) is 35.8 Å². The Labute approximate surface area is 201 Å². The summed E-state index contributed by atoms with van der Waals surface area (Å²) in [5.41, 5.74) is 2.65. The molecule has 0 spiro atoms. The predicted octanol–water partition coefficient (Wildman–Crippen LogP) is 4.68. The highest BCUT2D eigenvalue weighted by Crippen LogP contribution is 2.32. The summed E-state index contributed by atoms with van der Waals surface area (Å²) in [6.07, 6.45) is 2.36. The molecule has 2 aromatic carbocycles. The number of nitrogens with one attached hydrogen (secondary N) is 1. The van der Waals surface area contributed by atoms with E-state index in [2.05, 4.69) is 20.2 Å². The zero-order valence-corrected chi connectivity index (χ0v) is 19.5.